The monoisotopic (exact) mass is 231 g/mol. The van der Waals surface area contributed by atoms with Crippen LogP contribution < -0.4 is 5.73 Å². The van der Waals surface area contributed by atoms with Crippen molar-refractivity contribution in [3.8, 4) is 0 Å². The van der Waals surface area contributed by atoms with Crippen LogP contribution in [0, 0.1) is 12.7 Å². The second-order valence-electron chi connectivity index (χ2n) is 3.50. The second kappa shape index (κ2) is 4.28. The fourth-order valence-corrected chi connectivity index (χ4v) is 2.73. The normalized spacial score (nSPS) is 13.9. The predicted molar refractivity (Wildman–Crippen MR) is 56.8 cm³/mol. The van der Waals surface area contributed by atoms with Crippen molar-refractivity contribution in [1.29, 1.82) is 0 Å². The van der Waals surface area contributed by atoms with E-state index in [1.807, 2.05) is 0 Å². The fourth-order valence-electron chi connectivity index (χ4n) is 1.28. The quantitative estimate of drug-likeness (QED) is 0.796. The number of aryl methyl sites for hydroxylation is 1. The lowest BCUT2D eigenvalue weighted by Crippen LogP contribution is -2.27. The molecule has 84 valence electrons. The van der Waals surface area contributed by atoms with Gasteiger partial charge in [0.2, 0.25) is 0 Å². The Labute approximate surface area is 89.0 Å². The van der Waals surface area contributed by atoms with Crippen LogP contribution >= 0.6 is 0 Å². The van der Waals surface area contributed by atoms with Crippen LogP contribution in [0.3, 0.4) is 0 Å². The van der Waals surface area contributed by atoms with Gasteiger partial charge in [0.1, 0.15) is 5.82 Å². The van der Waals surface area contributed by atoms with Gasteiger partial charge in [0.05, 0.1) is 10.1 Å². The van der Waals surface area contributed by atoms with Crippen molar-refractivity contribution >= 4 is 9.84 Å². The van der Waals surface area contributed by atoms with Gasteiger partial charge in [-0.25, -0.2) is 12.8 Å². The maximum absolute atomic E-state index is 12.8. The number of rotatable bonds is 3. The Kier molecular flexibility index (Phi) is 3.46. The molecule has 3 nitrogen and oxygen atoms in total. The lowest BCUT2D eigenvalue weighted by Gasteiger charge is -2.12. The third-order valence-corrected chi connectivity index (χ3v) is 4.63. The Morgan fingerprint density at radius 3 is 2.53 bits per heavy atom. The molecule has 0 saturated carbocycles. The van der Waals surface area contributed by atoms with Crippen LogP contribution in [0.5, 0.6) is 0 Å². The summed E-state index contributed by atoms with van der Waals surface area (Å²) < 4.78 is 36.6. The molecular weight excluding hydrogens is 217 g/mol. The van der Waals surface area contributed by atoms with Crippen LogP contribution in [-0.2, 0) is 9.84 Å². The first-order chi connectivity index (χ1) is 6.89. The predicted octanol–water partition coefficient (Wildman–Crippen LogP) is 1.26. The van der Waals surface area contributed by atoms with Crippen molar-refractivity contribution in [1.82, 2.24) is 0 Å². The zero-order valence-corrected chi connectivity index (χ0v) is 9.51. The summed E-state index contributed by atoms with van der Waals surface area (Å²) in [7, 11) is -3.43. The third kappa shape index (κ3) is 2.35. The van der Waals surface area contributed by atoms with Crippen molar-refractivity contribution in [2.45, 2.75) is 24.0 Å². The van der Waals surface area contributed by atoms with E-state index in [4.69, 9.17) is 5.73 Å². The summed E-state index contributed by atoms with van der Waals surface area (Å²) in [5.41, 5.74) is 5.73. The van der Waals surface area contributed by atoms with Gasteiger partial charge in [0.25, 0.3) is 0 Å². The molecule has 0 aliphatic rings. The molecule has 0 fully saturated rings. The second-order valence-corrected chi connectivity index (χ2v) is 5.84. The lowest BCUT2D eigenvalue weighted by molar-refractivity contribution is 0.582. The fraction of sp³-hybridized carbons (Fsp3) is 0.400. The minimum atomic E-state index is -3.43. The Morgan fingerprint density at radius 2 is 2.07 bits per heavy atom. The van der Waals surface area contributed by atoms with Gasteiger partial charge in [0, 0.05) is 6.54 Å². The molecule has 1 rings (SSSR count). The van der Waals surface area contributed by atoms with E-state index in [1.54, 1.807) is 6.92 Å². The summed E-state index contributed by atoms with van der Waals surface area (Å²) in [5, 5.41) is -0.651. The van der Waals surface area contributed by atoms with Gasteiger partial charge >= 0.3 is 0 Å². The molecule has 5 heteroatoms. The highest BCUT2D eigenvalue weighted by atomic mass is 32.2. The Bertz CT molecular complexity index is 456. The first-order valence-electron chi connectivity index (χ1n) is 4.59. The van der Waals surface area contributed by atoms with Gasteiger partial charge < -0.3 is 5.73 Å². The Hall–Kier alpha value is -0.940. The first-order valence-corrected chi connectivity index (χ1v) is 6.14. The summed E-state index contributed by atoms with van der Waals surface area (Å²) in [6.45, 7) is 3.16. The molecule has 0 saturated heterocycles. The number of hydrogen-bond acceptors (Lipinski definition) is 3. The number of halogens is 1. The van der Waals surface area contributed by atoms with Gasteiger partial charge in [-0.2, -0.15) is 0 Å². The maximum atomic E-state index is 12.8. The van der Waals surface area contributed by atoms with Gasteiger partial charge in [-0.3, -0.25) is 0 Å². The molecular formula is C10H14FNO2S. The zero-order valence-electron chi connectivity index (χ0n) is 8.70. The van der Waals surface area contributed by atoms with E-state index in [2.05, 4.69) is 0 Å². The summed E-state index contributed by atoms with van der Waals surface area (Å²) in [6, 6.07) is 3.63. The molecule has 0 heterocycles. The smallest absolute Gasteiger partial charge is 0.182 e. The molecule has 1 unspecified atom stereocenters. The SMILES string of the molecule is Cc1cc(F)ccc1S(=O)(=O)C(C)CN. The summed E-state index contributed by atoms with van der Waals surface area (Å²) >= 11 is 0. The van der Waals surface area contributed by atoms with Crippen molar-refractivity contribution in [2.24, 2.45) is 5.73 Å². The van der Waals surface area contributed by atoms with Gasteiger partial charge in [-0.1, -0.05) is 0 Å². The molecule has 0 radical (unpaired) electrons. The van der Waals surface area contributed by atoms with Gasteiger partial charge in [-0.15, -0.1) is 0 Å². The molecule has 0 spiro atoms. The largest absolute Gasteiger partial charge is 0.329 e. The minimum absolute atomic E-state index is 0.0547. The van der Waals surface area contributed by atoms with E-state index in [-0.39, 0.29) is 11.4 Å². The highest BCUT2D eigenvalue weighted by molar-refractivity contribution is 7.92. The van der Waals surface area contributed by atoms with E-state index in [9.17, 15) is 12.8 Å². The third-order valence-electron chi connectivity index (χ3n) is 2.31. The number of hydrogen-bond donors (Lipinski definition) is 1. The van der Waals surface area contributed by atoms with Crippen LogP contribution in [0.25, 0.3) is 0 Å². The zero-order chi connectivity index (χ0) is 11.6. The lowest BCUT2D eigenvalue weighted by atomic mass is 10.2. The average Bonchev–Trinajstić information content (AvgIpc) is 2.15. The van der Waals surface area contributed by atoms with E-state index < -0.39 is 20.9 Å². The average molecular weight is 231 g/mol. The van der Waals surface area contributed by atoms with Crippen molar-refractivity contribution in [3.05, 3.63) is 29.6 Å². The van der Waals surface area contributed by atoms with E-state index in [0.29, 0.717) is 5.56 Å². The first kappa shape index (κ1) is 12.1. The Balaban J connectivity index is 3.28. The van der Waals surface area contributed by atoms with Gasteiger partial charge in [0.15, 0.2) is 9.84 Å². The van der Waals surface area contributed by atoms with Crippen molar-refractivity contribution < 1.29 is 12.8 Å². The van der Waals surface area contributed by atoms with Crippen molar-refractivity contribution in [3.63, 3.8) is 0 Å². The van der Waals surface area contributed by atoms with Crippen LogP contribution in [-0.4, -0.2) is 20.2 Å². The van der Waals surface area contributed by atoms with Gasteiger partial charge in [-0.05, 0) is 37.6 Å². The minimum Gasteiger partial charge on any atom is -0.329 e. The molecule has 1 aromatic rings. The van der Waals surface area contributed by atoms with Crippen LogP contribution in [0.15, 0.2) is 23.1 Å². The topological polar surface area (TPSA) is 60.2 Å². The highest BCUT2D eigenvalue weighted by Crippen LogP contribution is 2.20. The summed E-state index contributed by atoms with van der Waals surface area (Å²) in [4.78, 5) is 0.154. The molecule has 0 aliphatic carbocycles. The van der Waals surface area contributed by atoms with Crippen LogP contribution in [0.2, 0.25) is 0 Å². The molecule has 0 amide bonds. The number of benzene rings is 1. The molecule has 1 aromatic carbocycles. The van der Waals surface area contributed by atoms with Crippen molar-refractivity contribution in [2.75, 3.05) is 6.54 Å². The van der Waals surface area contributed by atoms with Crippen LogP contribution in [0.4, 0.5) is 4.39 Å². The molecule has 15 heavy (non-hydrogen) atoms. The molecule has 0 bridgehead atoms. The number of sulfone groups is 1. The van der Waals surface area contributed by atoms with Crippen LogP contribution in [0.1, 0.15) is 12.5 Å². The van der Waals surface area contributed by atoms with E-state index in [1.165, 1.54) is 19.1 Å². The van der Waals surface area contributed by atoms with E-state index >= 15 is 0 Å². The number of nitrogens with two attached hydrogens (primary N) is 1. The molecule has 0 aliphatic heterocycles. The molecule has 2 N–H and O–H groups in total. The highest BCUT2D eigenvalue weighted by Gasteiger charge is 2.23. The molecule has 0 aromatic heterocycles. The Morgan fingerprint density at radius 1 is 1.47 bits per heavy atom. The maximum Gasteiger partial charge on any atom is 0.182 e. The molecule has 1 atom stereocenters. The van der Waals surface area contributed by atoms with E-state index in [0.717, 1.165) is 6.07 Å². The summed E-state index contributed by atoms with van der Waals surface area (Å²) in [6.07, 6.45) is 0. The summed E-state index contributed by atoms with van der Waals surface area (Å²) in [5.74, 6) is -0.438. The standard InChI is InChI=1S/C10H14FNO2S/c1-7-5-9(11)3-4-10(7)15(13,14)8(2)6-12/h3-5,8H,6,12H2,1-2H3.